The van der Waals surface area contributed by atoms with Crippen LogP contribution in [0.4, 0.5) is 0 Å². The van der Waals surface area contributed by atoms with Crippen molar-refractivity contribution < 1.29 is 30.1 Å². The molecule has 0 bridgehead atoms. The van der Waals surface area contributed by atoms with Gasteiger partial charge in [0.1, 0.15) is 11.9 Å². The van der Waals surface area contributed by atoms with E-state index in [1.54, 1.807) is 0 Å². The van der Waals surface area contributed by atoms with E-state index in [4.69, 9.17) is 5.73 Å². The number of carbonyl (C=O) groups is 3. The summed E-state index contributed by atoms with van der Waals surface area (Å²) in [7, 11) is 0. The van der Waals surface area contributed by atoms with Crippen molar-refractivity contribution in [2.24, 2.45) is 23.5 Å². The molecule has 2 aliphatic rings. The zero-order valence-electron chi connectivity index (χ0n) is 13.9. The van der Waals surface area contributed by atoms with E-state index in [2.05, 4.69) is 20.5 Å². The van der Waals surface area contributed by atoms with Gasteiger partial charge >= 0.3 is 11.9 Å². The first kappa shape index (κ1) is 21.8. The van der Waals surface area contributed by atoms with Crippen LogP contribution < -0.4 is 17.2 Å². The number of rotatable bonds is 6. The standard InChI is InChI=1S/C13H17N5O5S.H3N.H2O/c1-4(14)9(19)17-13(11(22)23)2-5(24-12-15-3-16-18-12)6-7(8(6)13)10(20)21;;/h3-8H,2,14H2,1H3,(H,17,19)(H,20,21)(H,22,23)(H,15,16,18);1H3;1H2/t4?,5?,6-,7-,8-,13-;;/m0../s1. The molecule has 0 saturated heterocycles. The highest BCUT2D eigenvalue weighted by Gasteiger charge is 2.75. The lowest BCUT2D eigenvalue weighted by molar-refractivity contribution is -0.149. The van der Waals surface area contributed by atoms with Crippen molar-refractivity contribution in [3.8, 4) is 0 Å². The number of hydrogen-bond acceptors (Lipinski definition) is 8. The molecule has 1 aromatic rings. The molecule has 0 spiro atoms. The lowest BCUT2D eigenvalue weighted by atomic mass is 9.89. The molecule has 146 valence electrons. The van der Waals surface area contributed by atoms with Gasteiger partial charge in [-0.1, -0.05) is 11.8 Å². The van der Waals surface area contributed by atoms with Crippen LogP contribution >= 0.6 is 11.8 Å². The van der Waals surface area contributed by atoms with E-state index in [1.807, 2.05) is 0 Å². The summed E-state index contributed by atoms with van der Waals surface area (Å²) >= 11 is 1.25. The number of nitrogens with one attached hydrogen (secondary N) is 2. The van der Waals surface area contributed by atoms with E-state index in [0.717, 1.165) is 0 Å². The Kier molecular flexibility index (Phi) is 6.35. The molecular weight excluding hydrogens is 368 g/mol. The summed E-state index contributed by atoms with van der Waals surface area (Å²) in [4.78, 5) is 39.4. The van der Waals surface area contributed by atoms with Crippen LogP contribution in [0.5, 0.6) is 0 Å². The molecule has 13 heteroatoms. The van der Waals surface area contributed by atoms with Crippen molar-refractivity contribution in [3.05, 3.63) is 6.33 Å². The number of aromatic nitrogens is 3. The second-order valence-electron chi connectivity index (χ2n) is 6.17. The predicted molar refractivity (Wildman–Crippen MR) is 89.5 cm³/mol. The second-order valence-corrected chi connectivity index (χ2v) is 7.40. The fourth-order valence-electron chi connectivity index (χ4n) is 3.61. The Bertz CT molecular complexity index is 685. The number of aliphatic carboxylic acids is 2. The van der Waals surface area contributed by atoms with Gasteiger partial charge in [0.25, 0.3) is 0 Å². The zero-order chi connectivity index (χ0) is 17.6. The van der Waals surface area contributed by atoms with E-state index in [0.29, 0.717) is 5.16 Å². The first-order chi connectivity index (χ1) is 11.3. The lowest BCUT2D eigenvalue weighted by Crippen LogP contribution is -2.59. The molecule has 11 N–H and O–H groups in total. The van der Waals surface area contributed by atoms with Gasteiger partial charge in [0.05, 0.1) is 12.0 Å². The normalized spacial score (nSPS) is 32.4. The number of nitrogens with zero attached hydrogens (tertiary/aromatic N) is 2. The molecule has 12 nitrogen and oxygen atoms in total. The van der Waals surface area contributed by atoms with Crippen LogP contribution in [0.3, 0.4) is 0 Å². The van der Waals surface area contributed by atoms with E-state index in [9.17, 15) is 24.6 Å². The lowest BCUT2D eigenvalue weighted by Gasteiger charge is -2.30. The maximum absolute atomic E-state index is 12.0. The maximum atomic E-state index is 12.0. The van der Waals surface area contributed by atoms with E-state index in [1.165, 1.54) is 25.0 Å². The maximum Gasteiger partial charge on any atom is 0.329 e. The first-order valence-corrected chi connectivity index (χ1v) is 8.21. The Morgan fingerprint density at radius 3 is 2.58 bits per heavy atom. The molecule has 2 fully saturated rings. The van der Waals surface area contributed by atoms with Gasteiger partial charge in [-0.25, -0.2) is 9.78 Å². The molecular formula is C13H22N6O6S. The highest BCUT2D eigenvalue weighted by atomic mass is 32.2. The van der Waals surface area contributed by atoms with Gasteiger partial charge in [-0.15, -0.1) is 0 Å². The van der Waals surface area contributed by atoms with Crippen molar-refractivity contribution in [3.63, 3.8) is 0 Å². The van der Waals surface area contributed by atoms with Gasteiger partial charge in [0, 0.05) is 11.2 Å². The monoisotopic (exact) mass is 390 g/mol. The smallest absolute Gasteiger partial charge is 0.329 e. The van der Waals surface area contributed by atoms with Crippen molar-refractivity contribution in [2.45, 2.75) is 35.3 Å². The molecule has 2 aliphatic carbocycles. The third kappa shape index (κ3) is 3.38. The quantitative estimate of drug-likeness (QED) is 0.319. The van der Waals surface area contributed by atoms with E-state index >= 15 is 0 Å². The Morgan fingerprint density at radius 1 is 1.46 bits per heavy atom. The fraction of sp³-hybridized carbons (Fsp3) is 0.615. The molecule has 1 aromatic heterocycles. The van der Waals surface area contributed by atoms with E-state index in [-0.39, 0.29) is 29.2 Å². The summed E-state index contributed by atoms with van der Waals surface area (Å²) in [5, 5.41) is 28.2. The number of nitrogens with two attached hydrogens (primary N) is 1. The topological polar surface area (TPSA) is 238 Å². The molecule has 2 saturated carbocycles. The number of carboxylic acids is 2. The highest BCUT2D eigenvalue weighted by Crippen LogP contribution is 2.65. The van der Waals surface area contributed by atoms with Crippen molar-refractivity contribution in [1.29, 1.82) is 0 Å². The fourth-order valence-corrected chi connectivity index (χ4v) is 4.95. The number of fused-ring (bicyclic) bond motifs is 1. The summed E-state index contributed by atoms with van der Waals surface area (Å²) in [6.45, 7) is 1.44. The average Bonchev–Trinajstić information content (AvgIpc) is 2.90. The van der Waals surface area contributed by atoms with Gasteiger partial charge in [-0.05, 0) is 19.3 Å². The van der Waals surface area contributed by atoms with Crippen LogP contribution in [0.25, 0.3) is 0 Å². The summed E-state index contributed by atoms with van der Waals surface area (Å²) < 4.78 is 0. The van der Waals surface area contributed by atoms with Crippen molar-refractivity contribution >= 4 is 29.6 Å². The number of carbonyl (C=O) groups excluding carboxylic acids is 1. The molecule has 6 atom stereocenters. The third-order valence-electron chi connectivity index (χ3n) is 4.68. The summed E-state index contributed by atoms with van der Waals surface area (Å²) in [5.41, 5.74) is 3.89. The SMILES string of the molecule is CC(N)C(=O)N[C@@]1(C(=O)O)CC(Sc2ncn[nH]2)[C@H]2[C@H](C(=O)O)[C@H]21.N.O. The molecule has 0 aromatic carbocycles. The minimum absolute atomic E-state index is 0. The molecule has 1 amide bonds. The van der Waals surface area contributed by atoms with Crippen LogP contribution in [-0.2, 0) is 14.4 Å². The summed E-state index contributed by atoms with van der Waals surface area (Å²) in [6, 6.07) is -0.886. The Balaban J connectivity index is 0.00000169. The Morgan fingerprint density at radius 2 is 2.12 bits per heavy atom. The van der Waals surface area contributed by atoms with Gasteiger partial charge in [0.15, 0.2) is 5.16 Å². The van der Waals surface area contributed by atoms with Crippen molar-refractivity contribution in [1.82, 2.24) is 26.6 Å². The molecule has 3 rings (SSSR count). The average molecular weight is 390 g/mol. The number of H-pyrrole nitrogens is 1. The van der Waals surface area contributed by atoms with Crippen LogP contribution in [0.1, 0.15) is 13.3 Å². The summed E-state index contributed by atoms with van der Waals surface area (Å²) in [6.07, 6.45) is 1.42. The van der Waals surface area contributed by atoms with Crippen LogP contribution in [0.15, 0.2) is 11.5 Å². The van der Waals surface area contributed by atoms with Gasteiger partial charge in [-0.3, -0.25) is 14.7 Å². The number of amides is 1. The first-order valence-electron chi connectivity index (χ1n) is 7.33. The largest absolute Gasteiger partial charge is 0.481 e. The number of carboxylic acid groups (broad SMARTS) is 2. The van der Waals surface area contributed by atoms with Crippen LogP contribution in [0, 0.1) is 17.8 Å². The molecule has 2 unspecified atom stereocenters. The summed E-state index contributed by atoms with van der Waals surface area (Å²) in [5.74, 6) is -4.76. The predicted octanol–water partition coefficient (Wildman–Crippen LogP) is -1.76. The Hall–Kier alpha value is -2.22. The molecule has 26 heavy (non-hydrogen) atoms. The van der Waals surface area contributed by atoms with Gasteiger partial charge < -0.3 is 32.9 Å². The Labute approximate surface area is 152 Å². The zero-order valence-corrected chi connectivity index (χ0v) is 14.7. The number of thioether (sulfide) groups is 1. The number of aromatic amines is 1. The molecule has 0 aliphatic heterocycles. The third-order valence-corrected chi connectivity index (χ3v) is 5.88. The van der Waals surface area contributed by atoms with Gasteiger partial charge in [-0.2, -0.15) is 5.10 Å². The highest BCUT2D eigenvalue weighted by molar-refractivity contribution is 7.99. The number of hydrogen-bond donors (Lipinski definition) is 6. The van der Waals surface area contributed by atoms with Crippen molar-refractivity contribution in [2.75, 3.05) is 0 Å². The minimum atomic E-state index is -1.63. The molecule has 1 heterocycles. The van der Waals surface area contributed by atoms with Crippen LogP contribution in [-0.4, -0.2) is 65.5 Å². The minimum Gasteiger partial charge on any atom is -0.481 e. The second kappa shape index (κ2) is 7.57. The van der Waals surface area contributed by atoms with E-state index < -0.39 is 41.3 Å². The van der Waals surface area contributed by atoms with Crippen LogP contribution in [0.2, 0.25) is 0 Å². The van der Waals surface area contributed by atoms with Gasteiger partial charge in [0.2, 0.25) is 5.91 Å². The molecule has 0 radical (unpaired) electrons.